The number of rotatable bonds is 3. The average Bonchev–Trinajstić information content (AvgIpc) is 1.85. The maximum Gasteiger partial charge on any atom is 0.336 e. The Kier molecular flexibility index (Phi) is 6.65. The minimum Gasteiger partial charge on any atom is -1.00 e. The third-order valence-corrected chi connectivity index (χ3v) is 4.00. The van der Waals surface area contributed by atoms with E-state index in [1.54, 1.807) is 6.92 Å². The maximum atomic E-state index is 11.1. The second kappa shape index (κ2) is 5.62. The highest BCUT2D eigenvalue weighted by atomic mass is 35.5. The van der Waals surface area contributed by atoms with Crippen molar-refractivity contribution in [3.05, 3.63) is 12.2 Å². The van der Waals surface area contributed by atoms with Gasteiger partial charge in [0.2, 0.25) is 5.85 Å². The van der Waals surface area contributed by atoms with Gasteiger partial charge in [-0.05, 0) is 6.92 Å². The van der Waals surface area contributed by atoms with Crippen LogP contribution in [-0.2, 0) is 9.53 Å². The number of hydrogen-bond donors (Lipinski definition) is 0. The normalized spacial score (nSPS) is 12.7. The van der Waals surface area contributed by atoms with Crippen LogP contribution in [0.4, 0.5) is 0 Å². The first kappa shape index (κ1) is 15.4. The minimum atomic E-state index is -1.08. The molecule has 0 aromatic carbocycles. The molecule has 13 heavy (non-hydrogen) atoms. The fourth-order valence-electron chi connectivity index (χ4n) is 0.414. The van der Waals surface area contributed by atoms with Crippen LogP contribution in [-0.4, -0.2) is 31.8 Å². The maximum absolute atomic E-state index is 11.1. The summed E-state index contributed by atoms with van der Waals surface area (Å²) in [6, 6.07) is 0. The Morgan fingerprint density at radius 1 is 1.38 bits per heavy atom. The quantitative estimate of drug-likeness (QED) is 0.362. The minimum absolute atomic E-state index is 0. The molecule has 0 heterocycles. The lowest BCUT2D eigenvalue weighted by molar-refractivity contribution is -0.140. The summed E-state index contributed by atoms with van der Waals surface area (Å²) >= 11 is 0. The summed E-state index contributed by atoms with van der Waals surface area (Å²) in [7, 11) is -1.08. The number of hydrogen-bond acceptors (Lipinski definition) is 2. The van der Waals surface area contributed by atoms with Crippen LogP contribution in [0.3, 0.4) is 0 Å². The number of halogens is 1. The molecule has 0 aliphatic rings. The van der Waals surface area contributed by atoms with E-state index in [4.69, 9.17) is 4.74 Å². The topological polar surface area (TPSA) is 26.3 Å². The highest BCUT2D eigenvalue weighted by Gasteiger charge is 2.30. The van der Waals surface area contributed by atoms with Crippen molar-refractivity contribution in [2.24, 2.45) is 0 Å². The first-order chi connectivity index (χ1) is 5.25. The van der Waals surface area contributed by atoms with E-state index in [1.165, 1.54) is 0 Å². The van der Waals surface area contributed by atoms with Crippen molar-refractivity contribution in [3.8, 4) is 0 Å². The largest absolute Gasteiger partial charge is 1.00 e. The summed E-state index contributed by atoms with van der Waals surface area (Å²) in [5.74, 6) is -0.251. The van der Waals surface area contributed by atoms with Crippen molar-refractivity contribution in [1.82, 2.24) is 0 Å². The van der Waals surface area contributed by atoms with Crippen molar-refractivity contribution in [1.29, 1.82) is 0 Å². The van der Waals surface area contributed by atoms with Gasteiger partial charge in [0.15, 0.2) is 0 Å². The Balaban J connectivity index is 0. The Morgan fingerprint density at radius 3 is 2.00 bits per heavy atom. The number of carbonyl (C=O) groups excluding carboxylic acids is 1. The predicted molar refractivity (Wildman–Crippen MR) is 55.1 cm³/mol. The standard InChI is InChI=1S/C9H18O2P.ClH/c1-7(2)9(10)11-8(3)12(4,5)6;/h8H,1H2,2-6H3;1H/q+1;/p-1. The zero-order valence-electron chi connectivity index (χ0n) is 8.93. The van der Waals surface area contributed by atoms with Crippen molar-refractivity contribution in [2.75, 3.05) is 20.0 Å². The van der Waals surface area contributed by atoms with Gasteiger partial charge in [0.05, 0.1) is 20.0 Å². The summed E-state index contributed by atoms with van der Waals surface area (Å²) in [5, 5.41) is 0. The van der Waals surface area contributed by atoms with Gasteiger partial charge in [0.1, 0.15) is 0 Å². The lowest BCUT2D eigenvalue weighted by Gasteiger charge is -2.20. The molecular formula is C9H18ClO2P. The molecule has 0 spiro atoms. The van der Waals surface area contributed by atoms with Gasteiger partial charge in [-0.3, -0.25) is 0 Å². The van der Waals surface area contributed by atoms with E-state index in [9.17, 15) is 4.79 Å². The van der Waals surface area contributed by atoms with Crippen LogP contribution in [0.1, 0.15) is 13.8 Å². The van der Waals surface area contributed by atoms with Crippen LogP contribution >= 0.6 is 7.26 Å². The third kappa shape index (κ3) is 6.06. The fourth-order valence-corrected chi connectivity index (χ4v) is 0.826. The van der Waals surface area contributed by atoms with Crippen LogP contribution in [0, 0.1) is 0 Å². The molecule has 0 saturated carbocycles. The Labute approximate surface area is 87.5 Å². The lowest BCUT2D eigenvalue weighted by Crippen LogP contribution is -3.00. The zero-order valence-corrected chi connectivity index (χ0v) is 10.6. The van der Waals surface area contributed by atoms with Gasteiger partial charge in [0.25, 0.3) is 0 Å². The summed E-state index contributed by atoms with van der Waals surface area (Å²) < 4.78 is 5.19. The summed E-state index contributed by atoms with van der Waals surface area (Å²) in [4.78, 5) is 11.1. The van der Waals surface area contributed by atoms with Crippen molar-refractivity contribution in [2.45, 2.75) is 19.7 Å². The second-order valence-corrected chi connectivity index (χ2v) is 8.86. The molecule has 0 rings (SSSR count). The van der Waals surface area contributed by atoms with Crippen molar-refractivity contribution in [3.63, 3.8) is 0 Å². The molecule has 0 amide bonds. The van der Waals surface area contributed by atoms with Gasteiger partial charge in [-0.15, -0.1) is 0 Å². The third-order valence-electron chi connectivity index (χ3n) is 1.72. The lowest BCUT2D eigenvalue weighted by atomic mass is 10.4. The van der Waals surface area contributed by atoms with Crippen LogP contribution in [0.5, 0.6) is 0 Å². The number of esters is 1. The van der Waals surface area contributed by atoms with Gasteiger partial charge < -0.3 is 17.1 Å². The highest BCUT2D eigenvalue weighted by Crippen LogP contribution is 2.52. The molecule has 4 heteroatoms. The molecule has 1 atom stereocenters. The van der Waals surface area contributed by atoms with E-state index in [0.717, 1.165) is 0 Å². The number of carbonyl (C=O) groups is 1. The Morgan fingerprint density at radius 2 is 1.77 bits per heavy atom. The Hall–Kier alpha value is -0.0700. The Bertz CT molecular complexity index is 196. The van der Waals surface area contributed by atoms with E-state index >= 15 is 0 Å². The first-order valence-corrected chi connectivity index (χ1v) is 7.12. The molecule has 0 N–H and O–H groups in total. The fraction of sp³-hybridized carbons (Fsp3) is 0.667. The van der Waals surface area contributed by atoms with Gasteiger partial charge in [0, 0.05) is 19.8 Å². The van der Waals surface area contributed by atoms with Gasteiger partial charge in [-0.1, -0.05) is 6.58 Å². The zero-order chi connectivity index (χ0) is 9.94. The van der Waals surface area contributed by atoms with E-state index < -0.39 is 7.26 Å². The van der Waals surface area contributed by atoms with E-state index in [0.29, 0.717) is 5.57 Å². The number of ether oxygens (including phenoxy) is 1. The molecule has 0 aromatic heterocycles. The second-order valence-electron chi connectivity index (χ2n) is 3.90. The van der Waals surface area contributed by atoms with Crippen LogP contribution in [0.2, 0.25) is 0 Å². The predicted octanol–water partition coefficient (Wildman–Crippen LogP) is -0.637. The van der Waals surface area contributed by atoms with Crippen molar-refractivity contribution < 1.29 is 21.9 Å². The average molecular weight is 225 g/mol. The van der Waals surface area contributed by atoms with Crippen LogP contribution in [0.15, 0.2) is 12.2 Å². The van der Waals surface area contributed by atoms with E-state index in [2.05, 4.69) is 26.6 Å². The molecule has 0 radical (unpaired) electrons. The molecule has 2 nitrogen and oxygen atoms in total. The van der Waals surface area contributed by atoms with Crippen LogP contribution in [0.25, 0.3) is 0 Å². The van der Waals surface area contributed by atoms with E-state index in [-0.39, 0.29) is 24.2 Å². The summed E-state index contributed by atoms with van der Waals surface area (Å²) in [5.41, 5.74) is 0.468. The molecule has 1 unspecified atom stereocenters. The monoisotopic (exact) mass is 224 g/mol. The van der Waals surface area contributed by atoms with Gasteiger partial charge in [-0.2, -0.15) is 0 Å². The molecule has 0 fully saturated rings. The summed E-state index contributed by atoms with van der Waals surface area (Å²) in [6.07, 6.45) is 0. The van der Waals surface area contributed by atoms with Crippen molar-refractivity contribution >= 4 is 13.2 Å². The molecule has 0 bridgehead atoms. The smallest absolute Gasteiger partial charge is 0.336 e. The molecular weight excluding hydrogens is 207 g/mol. The molecule has 78 valence electrons. The molecule has 0 aliphatic carbocycles. The molecule has 0 saturated heterocycles. The van der Waals surface area contributed by atoms with Gasteiger partial charge in [-0.25, -0.2) is 4.79 Å². The van der Waals surface area contributed by atoms with Crippen LogP contribution < -0.4 is 12.4 Å². The first-order valence-electron chi connectivity index (χ1n) is 3.92. The molecule has 0 aromatic rings. The van der Waals surface area contributed by atoms with Gasteiger partial charge >= 0.3 is 5.97 Å². The SMILES string of the molecule is C=C(C)C(=O)OC(C)[P+](C)(C)C.[Cl-]. The highest BCUT2D eigenvalue weighted by molar-refractivity contribution is 7.74. The summed E-state index contributed by atoms with van der Waals surface area (Å²) in [6.45, 7) is 13.6. The molecule has 0 aliphatic heterocycles. The van der Waals surface area contributed by atoms with E-state index in [1.807, 2.05) is 6.92 Å².